The van der Waals surface area contributed by atoms with Gasteiger partial charge in [0, 0.05) is 22.8 Å². The first-order valence-corrected chi connectivity index (χ1v) is 8.86. The van der Waals surface area contributed by atoms with Crippen LogP contribution in [0.2, 0.25) is 5.02 Å². The van der Waals surface area contributed by atoms with Crippen LogP contribution in [0.25, 0.3) is 11.1 Å². The third-order valence-electron chi connectivity index (χ3n) is 3.95. The largest absolute Gasteiger partial charge is 0.358 e. The Balaban J connectivity index is 1.68. The molecule has 0 aliphatic heterocycles. The van der Waals surface area contributed by atoms with Gasteiger partial charge in [-0.3, -0.25) is 0 Å². The van der Waals surface area contributed by atoms with Gasteiger partial charge in [-0.2, -0.15) is 0 Å². The molecular formula is C21H19ClN2S. The minimum Gasteiger partial charge on any atom is -0.358 e. The quantitative estimate of drug-likeness (QED) is 0.570. The molecule has 2 nitrogen and oxygen atoms in total. The Hall–Kier alpha value is -2.36. The first kappa shape index (κ1) is 17.5. The van der Waals surface area contributed by atoms with Gasteiger partial charge in [-0.25, -0.2) is 0 Å². The average Bonchev–Trinajstić information content (AvgIpc) is 2.64. The van der Waals surface area contributed by atoms with E-state index in [-0.39, 0.29) is 0 Å². The maximum absolute atomic E-state index is 6.17. The van der Waals surface area contributed by atoms with E-state index in [0.717, 1.165) is 33.0 Å². The number of aryl methyl sites for hydroxylation is 1. The van der Waals surface area contributed by atoms with Gasteiger partial charge in [0.2, 0.25) is 0 Å². The van der Waals surface area contributed by atoms with Crippen LogP contribution in [0.5, 0.6) is 0 Å². The number of anilines is 1. The third-order valence-corrected chi connectivity index (χ3v) is 4.60. The number of halogens is 1. The molecule has 0 saturated heterocycles. The van der Waals surface area contributed by atoms with Gasteiger partial charge in [-0.15, -0.1) is 0 Å². The summed E-state index contributed by atoms with van der Waals surface area (Å²) in [5, 5.41) is 7.88. The maximum Gasteiger partial charge on any atom is 0.171 e. The Morgan fingerprint density at radius 1 is 0.960 bits per heavy atom. The lowest BCUT2D eigenvalue weighted by molar-refractivity contribution is 0.925. The van der Waals surface area contributed by atoms with Crippen LogP contribution in [0.1, 0.15) is 11.1 Å². The van der Waals surface area contributed by atoms with Gasteiger partial charge in [0.1, 0.15) is 0 Å². The molecular weight excluding hydrogens is 348 g/mol. The monoisotopic (exact) mass is 366 g/mol. The van der Waals surface area contributed by atoms with Crippen molar-refractivity contribution < 1.29 is 0 Å². The van der Waals surface area contributed by atoms with Crippen molar-refractivity contribution in [3.63, 3.8) is 0 Å². The summed E-state index contributed by atoms with van der Waals surface area (Å²) in [4.78, 5) is 0. The van der Waals surface area contributed by atoms with E-state index in [0.29, 0.717) is 11.7 Å². The summed E-state index contributed by atoms with van der Waals surface area (Å²) in [5.74, 6) is 0. The number of hydrogen-bond acceptors (Lipinski definition) is 1. The van der Waals surface area contributed by atoms with Gasteiger partial charge in [-0.05, 0) is 48.0 Å². The zero-order valence-corrected chi connectivity index (χ0v) is 15.5. The van der Waals surface area contributed by atoms with Crippen molar-refractivity contribution in [2.45, 2.75) is 13.5 Å². The zero-order chi connectivity index (χ0) is 17.6. The van der Waals surface area contributed by atoms with Gasteiger partial charge >= 0.3 is 0 Å². The fourth-order valence-corrected chi connectivity index (χ4v) is 2.94. The molecule has 3 aromatic carbocycles. The summed E-state index contributed by atoms with van der Waals surface area (Å²) in [6.07, 6.45) is 0. The molecule has 4 heteroatoms. The van der Waals surface area contributed by atoms with Crippen molar-refractivity contribution in [3.05, 3.63) is 88.9 Å². The van der Waals surface area contributed by atoms with Crippen LogP contribution in [-0.4, -0.2) is 5.11 Å². The topological polar surface area (TPSA) is 24.1 Å². The highest BCUT2D eigenvalue weighted by Crippen LogP contribution is 2.27. The molecule has 0 aromatic heterocycles. The minimum atomic E-state index is 0.583. The molecule has 0 radical (unpaired) electrons. The lowest BCUT2D eigenvalue weighted by Crippen LogP contribution is -2.28. The molecule has 0 fully saturated rings. The first-order valence-electron chi connectivity index (χ1n) is 8.08. The Morgan fingerprint density at radius 2 is 1.68 bits per heavy atom. The predicted octanol–water partition coefficient (Wildman–Crippen LogP) is 5.80. The van der Waals surface area contributed by atoms with E-state index >= 15 is 0 Å². The van der Waals surface area contributed by atoms with Crippen LogP contribution in [-0.2, 0) is 6.54 Å². The average molecular weight is 367 g/mol. The Morgan fingerprint density at radius 3 is 2.44 bits per heavy atom. The molecule has 0 bridgehead atoms. The molecule has 0 amide bonds. The Bertz CT molecular complexity index is 878. The van der Waals surface area contributed by atoms with Crippen LogP contribution in [0.3, 0.4) is 0 Å². The number of hydrogen-bond donors (Lipinski definition) is 2. The first-order chi connectivity index (χ1) is 12.1. The zero-order valence-electron chi connectivity index (χ0n) is 13.9. The molecule has 3 rings (SSSR count). The third kappa shape index (κ3) is 4.59. The van der Waals surface area contributed by atoms with Crippen molar-refractivity contribution >= 4 is 34.6 Å². The second-order valence-electron chi connectivity index (χ2n) is 5.80. The highest BCUT2D eigenvalue weighted by molar-refractivity contribution is 7.80. The van der Waals surface area contributed by atoms with Crippen molar-refractivity contribution in [1.82, 2.24) is 5.32 Å². The Labute approximate surface area is 158 Å². The van der Waals surface area contributed by atoms with E-state index in [2.05, 4.69) is 34.9 Å². The number of para-hydroxylation sites is 1. The Kier molecular flexibility index (Phi) is 5.69. The molecule has 3 aromatic rings. The molecule has 2 N–H and O–H groups in total. The van der Waals surface area contributed by atoms with Crippen LogP contribution in [0, 0.1) is 6.92 Å². The van der Waals surface area contributed by atoms with E-state index in [4.69, 9.17) is 23.8 Å². The van der Waals surface area contributed by atoms with E-state index in [1.807, 2.05) is 55.5 Å². The molecule has 0 heterocycles. The van der Waals surface area contributed by atoms with Gasteiger partial charge in [0.15, 0.2) is 5.11 Å². The second-order valence-corrected chi connectivity index (χ2v) is 6.62. The highest BCUT2D eigenvalue weighted by Gasteiger charge is 2.06. The van der Waals surface area contributed by atoms with Gasteiger partial charge in [-0.1, -0.05) is 72.3 Å². The lowest BCUT2D eigenvalue weighted by atomic mass is 10.0. The molecule has 0 unspecified atom stereocenters. The van der Waals surface area contributed by atoms with Gasteiger partial charge in [0.05, 0.1) is 0 Å². The number of benzene rings is 3. The second kappa shape index (κ2) is 8.15. The van der Waals surface area contributed by atoms with E-state index in [1.54, 1.807) is 0 Å². The number of rotatable bonds is 4. The van der Waals surface area contributed by atoms with Gasteiger partial charge < -0.3 is 10.6 Å². The summed E-state index contributed by atoms with van der Waals surface area (Å²) >= 11 is 11.6. The summed E-state index contributed by atoms with van der Waals surface area (Å²) in [7, 11) is 0. The molecule has 0 aliphatic rings. The SMILES string of the molecule is Cc1ccc(CNC(=S)Nc2ccccc2-c2ccccc2)cc1Cl. The van der Waals surface area contributed by atoms with Gasteiger partial charge in [0.25, 0.3) is 0 Å². The van der Waals surface area contributed by atoms with Crippen LogP contribution in [0.4, 0.5) is 5.69 Å². The van der Waals surface area contributed by atoms with Crippen molar-refractivity contribution in [3.8, 4) is 11.1 Å². The predicted molar refractivity (Wildman–Crippen MR) is 111 cm³/mol. The van der Waals surface area contributed by atoms with Crippen LogP contribution < -0.4 is 10.6 Å². The summed E-state index contributed by atoms with van der Waals surface area (Å²) in [5.41, 5.74) is 5.41. The highest BCUT2D eigenvalue weighted by atomic mass is 35.5. The summed E-state index contributed by atoms with van der Waals surface area (Å²) < 4.78 is 0. The summed E-state index contributed by atoms with van der Waals surface area (Å²) in [6, 6.07) is 24.4. The molecule has 126 valence electrons. The lowest BCUT2D eigenvalue weighted by Gasteiger charge is -2.14. The normalized spacial score (nSPS) is 10.3. The van der Waals surface area contributed by atoms with E-state index in [1.165, 1.54) is 0 Å². The fraction of sp³-hybridized carbons (Fsp3) is 0.0952. The van der Waals surface area contributed by atoms with Crippen LogP contribution in [0.15, 0.2) is 72.8 Å². The molecule has 25 heavy (non-hydrogen) atoms. The maximum atomic E-state index is 6.17. The number of thiocarbonyl (C=S) groups is 1. The van der Waals surface area contributed by atoms with Crippen LogP contribution >= 0.6 is 23.8 Å². The molecule has 0 saturated carbocycles. The minimum absolute atomic E-state index is 0.583. The molecule has 0 aliphatic carbocycles. The molecule has 0 spiro atoms. The van der Waals surface area contributed by atoms with Crippen molar-refractivity contribution in [2.24, 2.45) is 0 Å². The van der Waals surface area contributed by atoms with E-state index in [9.17, 15) is 0 Å². The summed E-state index contributed by atoms with van der Waals surface area (Å²) in [6.45, 7) is 2.62. The molecule has 0 atom stereocenters. The standard InChI is InChI=1S/C21H19ClN2S/c1-15-11-12-16(13-19(15)22)14-23-21(25)24-20-10-6-5-9-18(20)17-7-3-2-4-8-17/h2-13H,14H2,1H3,(H2,23,24,25). The van der Waals surface area contributed by atoms with E-state index < -0.39 is 0 Å². The van der Waals surface area contributed by atoms with Crippen molar-refractivity contribution in [2.75, 3.05) is 5.32 Å². The van der Waals surface area contributed by atoms with Crippen molar-refractivity contribution in [1.29, 1.82) is 0 Å². The smallest absolute Gasteiger partial charge is 0.171 e. The number of nitrogens with one attached hydrogen (secondary N) is 2. The fourth-order valence-electron chi connectivity index (χ4n) is 2.56.